The number of allylic oxidation sites excluding steroid dienone is 2. The highest BCUT2D eigenvalue weighted by atomic mass is 14.9. The van der Waals surface area contributed by atoms with Crippen molar-refractivity contribution in [3.63, 3.8) is 0 Å². The summed E-state index contributed by atoms with van der Waals surface area (Å²) < 4.78 is 0. The third-order valence-corrected chi connectivity index (χ3v) is 5.01. The highest BCUT2D eigenvalue weighted by molar-refractivity contribution is 6.68. The van der Waals surface area contributed by atoms with E-state index in [2.05, 4.69) is 5.32 Å². The summed E-state index contributed by atoms with van der Waals surface area (Å²) in [7, 11) is 0. The summed E-state index contributed by atoms with van der Waals surface area (Å²) >= 11 is 0. The summed E-state index contributed by atoms with van der Waals surface area (Å²) in [5, 5.41) is 20.4. The van der Waals surface area contributed by atoms with E-state index in [0.717, 1.165) is 16.9 Å². The molecule has 6 heteroatoms. The van der Waals surface area contributed by atoms with Crippen molar-refractivity contribution in [3.8, 4) is 0 Å². The van der Waals surface area contributed by atoms with Crippen LogP contribution in [0.15, 0.2) is 90.3 Å². The summed E-state index contributed by atoms with van der Waals surface area (Å²) in [5.74, 6) is 0. The van der Waals surface area contributed by atoms with E-state index in [4.69, 9.17) is 28.0 Å². The molecule has 3 aromatic carbocycles. The minimum atomic E-state index is 0.0351. The highest BCUT2D eigenvalue weighted by Gasteiger charge is 2.29. The van der Waals surface area contributed by atoms with Crippen molar-refractivity contribution in [2.75, 3.05) is 11.1 Å². The van der Waals surface area contributed by atoms with Gasteiger partial charge in [0.2, 0.25) is 0 Å². The average Bonchev–Trinajstić information content (AvgIpc) is 2.76. The van der Waals surface area contributed by atoms with Crippen molar-refractivity contribution in [2.45, 2.75) is 0 Å². The van der Waals surface area contributed by atoms with Crippen LogP contribution >= 0.6 is 0 Å². The van der Waals surface area contributed by atoms with Gasteiger partial charge in [-0.3, -0.25) is 10.8 Å². The Kier molecular flexibility index (Phi) is 4.82. The Morgan fingerprint density at radius 2 is 0.967 bits per heavy atom. The zero-order chi connectivity index (χ0) is 21.3. The van der Waals surface area contributed by atoms with Crippen LogP contribution in [0.3, 0.4) is 0 Å². The van der Waals surface area contributed by atoms with Crippen LogP contribution in [0.5, 0.6) is 0 Å². The van der Waals surface area contributed by atoms with E-state index in [-0.39, 0.29) is 11.4 Å². The summed E-state index contributed by atoms with van der Waals surface area (Å²) in [5.41, 5.74) is 23.9. The monoisotopic (exact) mass is 394 g/mol. The van der Waals surface area contributed by atoms with E-state index < -0.39 is 0 Å². The van der Waals surface area contributed by atoms with Gasteiger partial charge < -0.3 is 22.5 Å². The second kappa shape index (κ2) is 7.60. The number of para-hydroxylation sites is 1. The lowest BCUT2D eigenvalue weighted by Crippen LogP contribution is -2.29. The van der Waals surface area contributed by atoms with Crippen LogP contribution in [0.1, 0.15) is 11.1 Å². The van der Waals surface area contributed by atoms with Gasteiger partial charge in [-0.25, -0.2) is 0 Å². The Hall–Kier alpha value is -4.32. The topological polar surface area (TPSA) is 138 Å². The van der Waals surface area contributed by atoms with E-state index in [9.17, 15) is 0 Å². The molecule has 3 aromatic rings. The van der Waals surface area contributed by atoms with Gasteiger partial charge in [-0.05, 0) is 47.5 Å². The quantitative estimate of drug-likeness (QED) is 0.293. The first-order valence-electron chi connectivity index (χ1n) is 9.42. The van der Waals surface area contributed by atoms with Crippen LogP contribution in [0.25, 0.3) is 11.1 Å². The molecule has 0 heterocycles. The molecule has 0 atom stereocenters. The van der Waals surface area contributed by atoms with Crippen molar-refractivity contribution < 1.29 is 0 Å². The lowest BCUT2D eigenvalue weighted by Gasteiger charge is -2.24. The predicted octanol–water partition coefficient (Wildman–Crippen LogP) is 4.11. The van der Waals surface area contributed by atoms with Gasteiger partial charge in [-0.15, -0.1) is 0 Å². The zero-order valence-corrected chi connectivity index (χ0v) is 16.2. The number of nitrogens with one attached hydrogen (secondary N) is 3. The van der Waals surface area contributed by atoms with Gasteiger partial charge >= 0.3 is 0 Å². The van der Waals surface area contributed by atoms with Crippen molar-refractivity contribution in [1.82, 2.24) is 0 Å². The number of anilines is 3. The standard InChI is InChI=1S/C24H22N6/c25-16-10-6-14(7-11-16)19-21(26)23(28)20(24(29)22(19)27)15-8-12-18(13-9-15)30-17-4-2-1-3-5-17/h1-13,26,28,30H,25,27,29H2. The molecular formula is C24H22N6. The number of benzene rings is 3. The average molecular weight is 394 g/mol. The molecule has 1 aliphatic rings. The fourth-order valence-corrected chi connectivity index (χ4v) is 3.45. The van der Waals surface area contributed by atoms with E-state index in [1.54, 1.807) is 24.3 Å². The molecule has 0 amide bonds. The number of nitrogen functional groups attached to an aromatic ring is 1. The fraction of sp³-hybridized carbons (Fsp3) is 0. The zero-order valence-electron chi connectivity index (χ0n) is 16.2. The third-order valence-electron chi connectivity index (χ3n) is 5.01. The minimum absolute atomic E-state index is 0.0351. The summed E-state index contributed by atoms with van der Waals surface area (Å²) in [6.45, 7) is 0. The van der Waals surface area contributed by atoms with Crippen molar-refractivity contribution in [3.05, 3.63) is 101 Å². The fourth-order valence-electron chi connectivity index (χ4n) is 3.45. The van der Waals surface area contributed by atoms with Crippen molar-refractivity contribution in [2.24, 2.45) is 11.5 Å². The molecular weight excluding hydrogens is 372 g/mol. The maximum Gasteiger partial charge on any atom is 0.0896 e. The SMILES string of the molecule is N=C1C(=N)C(c2ccc(Nc3ccccc3)cc2)=C(N)C(N)=C1c1ccc(N)cc1. The van der Waals surface area contributed by atoms with E-state index >= 15 is 0 Å². The lowest BCUT2D eigenvalue weighted by molar-refractivity contribution is 1.25. The molecule has 4 rings (SSSR count). The summed E-state index contributed by atoms with van der Waals surface area (Å²) in [6.07, 6.45) is 0. The Bertz CT molecular complexity index is 1190. The molecule has 0 bridgehead atoms. The normalized spacial score (nSPS) is 14.3. The van der Waals surface area contributed by atoms with Crippen molar-refractivity contribution >= 4 is 39.6 Å². The van der Waals surface area contributed by atoms with Crippen LogP contribution in [-0.4, -0.2) is 11.4 Å². The minimum Gasteiger partial charge on any atom is -0.399 e. The molecule has 9 N–H and O–H groups in total. The van der Waals surface area contributed by atoms with Gasteiger partial charge in [0.15, 0.2) is 0 Å². The molecule has 148 valence electrons. The van der Waals surface area contributed by atoms with Crippen LogP contribution in [0.4, 0.5) is 17.1 Å². The third kappa shape index (κ3) is 3.42. The lowest BCUT2D eigenvalue weighted by atomic mass is 9.83. The van der Waals surface area contributed by atoms with Crippen molar-refractivity contribution in [1.29, 1.82) is 10.8 Å². The number of rotatable bonds is 4. The molecule has 0 fully saturated rings. The maximum absolute atomic E-state index is 8.57. The molecule has 0 unspecified atom stereocenters. The van der Waals surface area contributed by atoms with Crippen LogP contribution < -0.4 is 22.5 Å². The molecule has 0 radical (unpaired) electrons. The molecule has 0 aliphatic heterocycles. The molecule has 30 heavy (non-hydrogen) atoms. The molecule has 0 spiro atoms. The van der Waals surface area contributed by atoms with Crippen LogP contribution in [-0.2, 0) is 0 Å². The first-order chi connectivity index (χ1) is 14.5. The molecule has 0 saturated carbocycles. The Labute approximate surface area is 174 Å². The Balaban J connectivity index is 1.70. The Morgan fingerprint density at radius 3 is 1.47 bits per heavy atom. The van der Waals surface area contributed by atoms with Gasteiger partial charge in [0.05, 0.1) is 22.8 Å². The molecule has 6 nitrogen and oxygen atoms in total. The summed E-state index contributed by atoms with van der Waals surface area (Å²) in [6, 6.07) is 24.5. The number of hydrogen-bond donors (Lipinski definition) is 6. The molecule has 0 aromatic heterocycles. The number of hydrogen-bond acceptors (Lipinski definition) is 6. The second-order valence-corrected chi connectivity index (χ2v) is 7.02. The van der Waals surface area contributed by atoms with Gasteiger partial charge in [0.25, 0.3) is 0 Å². The highest BCUT2D eigenvalue weighted by Crippen LogP contribution is 2.33. The van der Waals surface area contributed by atoms with Gasteiger partial charge in [0, 0.05) is 28.2 Å². The maximum atomic E-state index is 8.57. The molecule has 1 aliphatic carbocycles. The Morgan fingerprint density at radius 1 is 0.533 bits per heavy atom. The second-order valence-electron chi connectivity index (χ2n) is 7.02. The van der Waals surface area contributed by atoms with Crippen LogP contribution in [0.2, 0.25) is 0 Å². The van der Waals surface area contributed by atoms with Gasteiger partial charge in [-0.2, -0.15) is 0 Å². The smallest absolute Gasteiger partial charge is 0.0896 e. The summed E-state index contributed by atoms with van der Waals surface area (Å²) in [4.78, 5) is 0. The predicted molar refractivity (Wildman–Crippen MR) is 125 cm³/mol. The van der Waals surface area contributed by atoms with Gasteiger partial charge in [-0.1, -0.05) is 42.5 Å². The van der Waals surface area contributed by atoms with E-state index in [1.165, 1.54) is 0 Å². The van der Waals surface area contributed by atoms with E-state index in [0.29, 0.717) is 33.8 Å². The number of nitrogens with two attached hydrogens (primary N) is 3. The van der Waals surface area contributed by atoms with Crippen LogP contribution in [0, 0.1) is 10.8 Å². The van der Waals surface area contributed by atoms with E-state index in [1.807, 2.05) is 54.6 Å². The van der Waals surface area contributed by atoms with Gasteiger partial charge in [0.1, 0.15) is 0 Å². The molecule has 0 saturated heterocycles. The first kappa shape index (κ1) is 19.0. The largest absolute Gasteiger partial charge is 0.399 e. The first-order valence-corrected chi connectivity index (χ1v) is 9.42.